The third-order valence-corrected chi connectivity index (χ3v) is 3.12. The van der Waals surface area contributed by atoms with Crippen LogP contribution >= 0.6 is 0 Å². The summed E-state index contributed by atoms with van der Waals surface area (Å²) < 4.78 is 15.4. The van der Waals surface area contributed by atoms with E-state index >= 15 is 0 Å². The lowest BCUT2D eigenvalue weighted by Gasteiger charge is -2.10. The Morgan fingerprint density at radius 2 is 1.78 bits per heavy atom. The summed E-state index contributed by atoms with van der Waals surface area (Å²) in [6.45, 7) is 2.37. The van der Waals surface area contributed by atoms with Gasteiger partial charge in [-0.2, -0.15) is 0 Å². The number of benzene rings is 2. The van der Waals surface area contributed by atoms with Crippen molar-refractivity contribution in [1.29, 1.82) is 0 Å². The van der Waals surface area contributed by atoms with Gasteiger partial charge in [-0.05, 0) is 36.8 Å². The summed E-state index contributed by atoms with van der Waals surface area (Å²) in [5.74, 6) is -0.416. The average molecular weight is 314 g/mol. The van der Waals surface area contributed by atoms with Gasteiger partial charge in [-0.3, -0.25) is 0 Å². The highest BCUT2D eigenvalue weighted by Crippen LogP contribution is 2.19. The van der Waals surface area contributed by atoms with Gasteiger partial charge in [0.25, 0.3) is 0 Å². The number of hydrogen-bond acceptors (Lipinski definition) is 5. The second kappa shape index (κ2) is 7.98. The second-order valence-electron chi connectivity index (χ2n) is 4.70. The Morgan fingerprint density at radius 1 is 1.00 bits per heavy atom. The molecule has 0 fully saturated rings. The third-order valence-electron chi connectivity index (χ3n) is 3.12. The van der Waals surface area contributed by atoms with Gasteiger partial charge in [-0.15, -0.1) is 0 Å². The molecule has 0 heterocycles. The molecule has 0 radical (unpaired) electrons. The maximum atomic E-state index is 12.2. The van der Waals surface area contributed by atoms with E-state index in [1.165, 1.54) is 7.11 Å². The minimum atomic E-state index is -0.475. The third kappa shape index (κ3) is 4.32. The zero-order valence-electron chi connectivity index (χ0n) is 13.1. The summed E-state index contributed by atoms with van der Waals surface area (Å²) in [7, 11) is 1.32. The normalized spacial score (nSPS) is 10.0. The largest absolute Gasteiger partial charge is 0.493 e. The summed E-state index contributed by atoms with van der Waals surface area (Å²) in [4.78, 5) is 23.7. The Kier molecular flexibility index (Phi) is 5.74. The van der Waals surface area contributed by atoms with Crippen molar-refractivity contribution in [2.45, 2.75) is 13.5 Å². The fraction of sp³-hybridized carbons (Fsp3) is 0.222. The van der Waals surface area contributed by atoms with Gasteiger partial charge in [0.15, 0.2) is 0 Å². The van der Waals surface area contributed by atoms with Crippen LogP contribution in [0.15, 0.2) is 48.5 Å². The molecule has 0 spiro atoms. The van der Waals surface area contributed by atoms with Crippen molar-refractivity contribution < 1.29 is 23.8 Å². The van der Waals surface area contributed by atoms with Gasteiger partial charge in [0.2, 0.25) is 0 Å². The van der Waals surface area contributed by atoms with Crippen molar-refractivity contribution in [3.63, 3.8) is 0 Å². The highest BCUT2D eigenvalue weighted by atomic mass is 16.5. The molecule has 0 aliphatic carbocycles. The molecule has 0 bridgehead atoms. The molecular weight excluding hydrogens is 296 g/mol. The van der Waals surface area contributed by atoms with Crippen molar-refractivity contribution in [1.82, 2.24) is 0 Å². The maximum Gasteiger partial charge on any atom is 0.342 e. The van der Waals surface area contributed by atoms with E-state index < -0.39 is 11.9 Å². The van der Waals surface area contributed by atoms with Crippen LogP contribution in [0.2, 0.25) is 0 Å². The standard InChI is InChI=1S/C18H18O5/c1-3-22-16-10-5-4-9-15(16)18(20)23-12-13-7-6-8-14(11-13)17(19)21-2/h4-11H,3,12H2,1-2H3. The number of hydrogen-bond donors (Lipinski definition) is 0. The van der Waals surface area contributed by atoms with Gasteiger partial charge in [0, 0.05) is 0 Å². The predicted molar refractivity (Wildman–Crippen MR) is 84.5 cm³/mol. The van der Waals surface area contributed by atoms with E-state index in [1.807, 2.05) is 6.92 Å². The Morgan fingerprint density at radius 3 is 2.52 bits per heavy atom. The molecule has 0 aliphatic rings. The molecule has 0 amide bonds. The second-order valence-corrected chi connectivity index (χ2v) is 4.70. The number of para-hydroxylation sites is 1. The number of ether oxygens (including phenoxy) is 3. The van der Waals surface area contributed by atoms with Crippen LogP contribution in [0.4, 0.5) is 0 Å². The fourth-order valence-corrected chi connectivity index (χ4v) is 2.05. The molecule has 0 saturated carbocycles. The molecule has 0 saturated heterocycles. The van der Waals surface area contributed by atoms with Gasteiger partial charge < -0.3 is 14.2 Å². The van der Waals surface area contributed by atoms with E-state index in [0.717, 1.165) is 0 Å². The SMILES string of the molecule is CCOc1ccccc1C(=O)OCc1cccc(C(=O)OC)c1. The lowest BCUT2D eigenvalue weighted by molar-refractivity contribution is 0.0468. The van der Waals surface area contributed by atoms with Crippen LogP contribution in [0, 0.1) is 0 Å². The quantitative estimate of drug-likeness (QED) is 0.766. The Balaban J connectivity index is 2.06. The molecule has 120 valence electrons. The molecule has 0 aliphatic heterocycles. The van der Waals surface area contributed by atoms with Gasteiger partial charge in [0.1, 0.15) is 17.9 Å². The van der Waals surface area contributed by atoms with E-state index in [0.29, 0.717) is 29.0 Å². The number of carbonyl (C=O) groups excluding carboxylic acids is 2. The molecule has 5 nitrogen and oxygen atoms in total. The van der Waals surface area contributed by atoms with Gasteiger partial charge >= 0.3 is 11.9 Å². The summed E-state index contributed by atoms with van der Waals surface area (Å²) in [6, 6.07) is 13.7. The van der Waals surface area contributed by atoms with Gasteiger partial charge in [-0.1, -0.05) is 24.3 Å². The Bertz CT molecular complexity index is 693. The number of rotatable bonds is 6. The van der Waals surface area contributed by atoms with E-state index in [-0.39, 0.29) is 6.61 Å². The molecular formula is C18H18O5. The molecule has 0 unspecified atom stereocenters. The van der Waals surface area contributed by atoms with E-state index in [4.69, 9.17) is 9.47 Å². The lowest BCUT2D eigenvalue weighted by atomic mass is 10.1. The van der Waals surface area contributed by atoms with Crippen molar-refractivity contribution in [2.75, 3.05) is 13.7 Å². The molecule has 2 aromatic rings. The van der Waals surface area contributed by atoms with Crippen LogP contribution < -0.4 is 4.74 Å². The molecule has 23 heavy (non-hydrogen) atoms. The van der Waals surface area contributed by atoms with Crippen LogP contribution in [-0.2, 0) is 16.1 Å². The summed E-state index contributed by atoms with van der Waals surface area (Å²) in [6.07, 6.45) is 0. The van der Waals surface area contributed by atoms with Crippen molar-refractivity contribution in [2.24, 2.45) is 0 Å². The van der Waals surface area contributed by atoms with E-state index in [2.05, 4.69) is 4.74 Å². The van der Waals surface area contributed by atoms with E-state index in [1.54, 1.807) is 48.5 Å². The summed E-state index contributed by atoms with van der Waals surface area (Å²) in [5, 5.41) is 0. The maximum absolute atomic E-state index is 12.2. The Hall–Kier alpha value is -2.82. The number of esters is 2. The monoisotopic (exact) mass is 314 g/mol. The average Bonchev–Trinajstić information content (AvgIpc) is 2.60. The summed E-state index contributed by atoms with van der Waals surface area (Å²) in [5.41, 5.74) is 1.49. The molecule has 0 aromatic heterocycles. The van der Waals surface area contributed by atoms with E-state index in [9.17, 15) is 9.59 Å². The first kappa shape index (κ1) is 16.5. The highest BCUT2D eigenvalue weighted by Gasteiger charge is 2.14. The molecule has 5 heteroatoms. The highest BCUT2D eigenvalue weighted by molar-refractivity contribution is 5.92. The molecule has 0 N–H and O–H groups in total. The van der Waals surface area contributed by atoms with Crippen LogP contribution in [-0.4, -0.2) is 25.7 Å². The predicted octanol–water partition coefficient (Wildman–Crippen LogP) is 3.23. The molecule has 0 atom stereocenters. The first-order valence-corrected chi connectivity index (χ1v) is 7.22. The van der Waals surface area contributed by atoms with Crippen LogP contribution in [0.5, 0.6) is 5.75 Å². The van der Waals surface area contributed by atoms with Crippen LogP contribution in [0.25, 0.3) is 0 Å². The summed E-state index contributed by atoms with van der Waals surface area (Å²) >= 11 is 0. The first-order valence-electron chi connectivity index (χ1n) is 7.22. The first-order chi connectivity index (χ1) is 11.2. The van der Waals surface area contributed by atoms with Gasteiger partial charge in [-0.25, -0.2) is 9.59 Å². The van der Waals surface area contributed by atoms with Crippen molar-refractivity contribution >= 4 is 11.9 Å². The fourth-order valence-electron chi connectivity index (χ4n) is 2.05. The van der Waals surface area contributed by atoms with Crippen LogP contribution in [0.1, 0.15) is 33.2 Å². The number of carbonyl (C=O) groups is 2. The molecule has 2 aromatic carbocycles. The van der Waals surface area contributed by atoms with Gasteiger partial charge in [0.05, 0.1) is 19.3 Å². The minimum absolute atomic E-state index is 0.0596. The molecule has 2 rings (SSSR count). The van der Waals surface area contributed by atoms with Crippen LogP contribution in [0.3, 0.4) is 0 Å². The number of methoxy groups -OCH3 is 1. The zero-order chi connectivity index (χ0) is 16.7. The minimum Gasteiger partial charge on any atom is -0.493 e. The smallest absolute Gasteiger partial charge is 0.342 e. The van der Waals surface area contributed by atoms with Crippen molar-refractivity contribution in [3.8, 4) is 5.75 Å². The van der Waals surface area contributed by atoms with Crippen molar-refractivity contribution in [3.05, 3.63) is 65.2 Å². The topological polar surface area (TPSA) is 61.8 Å². The Labute approximate surface area is 134 Å². The zero-order valence-corrected chi connectivity index (χ0v) is 13.1. The lowest BCUT2D eigenvalue weighted by Crippen LogP contribution is -2.08.